The third-order valence-corrected chi connectivity index (χ3v) is 3.71. The van der Waals surface area contributed by atoms with Crippen molar-refractivity contribution in [2.75, 3.05) is 0 Å². The standard InChI is InChI=1S/C14H7BrCl2O2/c15-12-7-10(14(17)19)5-6-11(12)8-1-3-9(4-2-8)13(16)18/h1-7H. The Morgan fingerprint density at radius 2 is 1.37 bits per heavy atom. The molecule has 0 N–H and O–H groups in total. The highest BCUT2D eigenvalue weighted by molar-refractivity contribution is 9.10. The molecule has 0 unspecified atom stereocenters. The number of carbonyl (C=O) groups is 2. The average Bonchev–Trinajstić information content (AvgIpc) is 2.38. The molecule has 0 atom stereocenters. The van der Waals surface area contributed by atoms with Crippen molar-refractivity contribution in [1.29, 1.82) is 0 Å². The minimum Gasteiger partial charge on any atom is -0.276 e. The molecule has 2 aromatic rings. The number of benzene rings is 2. The lowest BCUT2D eigenvalue weighted by atomic mass is 10.0. The van der Waals surface area contributed by atoms with Gasteiger partial charge in [0.25, 0.3) is 10.5 Å². The minimum absolute atomic E-state index is 0.421. The van der Waals surface area contributed by atoms with Crippen LogP contribution in [0.25, 0.3) is 11.1 Å². The normalized spacial score (nSPS) is 10.3. The topological polar surface area (TPSA) is 34.1 Å². The highest BCUT2D eigenvalue weighted by Gasteiger charge is 2.08. The van der Waals surface area contributed by atoms with Crippen molar-refractivity contribution in [2.45, 2.75) is 0 Å². The van der Waals surface area contributed by atoms with Crippen LogP contribution in [0.15, 0.2) is 46.9 Å². The molecule has 2 aromatic carbocycles. The first-order chi connectivity index (χ1) is 8.99. The van der Waals surface area contributed by atoms with Crippen LogP contribution >= 0.6 is 39.1 Å². The van der Waals surface area contributed by atoms with Gasteiger partial charge in [0.05, 0.1) is 0 Å². The largest absolute Gasteiger partial charge is 0.276 e. The summed E-state index contributed by atoms with van der Waals surface area (Å²) in [5.74, 6) is 0. The predicted octanol–water partition coefficient (Wildman–Crippen LogP) is 4.87. The minimum atomic E-state index is -0.504. The van der Waals surface area contributed by atoms with Crippen LogP contribution in [-0.2, 0) is 0 Å². The molecule has 2 rings (SSSR count). The van der Waals surface area contributed by atoms with E-state index in [0.29, 0.717) is 11.1 Å². The monoisotopic (exact) mass is 356 g/mol. The second-order valence-corrected chi connectivity index (χ2v) is 5.36. The first kappa shape index (κ1) is 14.3. The predicted molar refractivity (Wildman–Crippen MR) is 79.9 cm³/mol. The molecule has 5 heteroatoms. The Morgan fingerprint density at radius 1 is 0.842 bits per heavy atom. The molecule has 96 valence electrons. The molecule has 19 heavy (non-hydrogen) atoms. The van der Waals surface area contributed by atoms with Crippen molar-refractivity contribution in [3.8, 4) is 11.1 Å². The summed E-state index contributed by atoms with van der Waals surface area (Å²) >= 11 is 14.2. The molecule has 0 heterocycles. The van der Waals surface area contributed by atoms with Crippen LogP contribution in [0, 0.1) is 0 Å². The molecular weight excluding hydrogens is 351 g/mol. The zero-order chi connectivity index (χ0) is 14.0. The van der Waals surface area contributed by atoms with Crippen molar-refractivity contribution >= 4 is 49.6 Å². The summed E-state index contributed by atoms with van der Waals surface area (Å²) in [6.07, 6.45) is 0. The Hall–Kier alpha value is -1.16. The number of hydrogen-bond donors (Lipinski definition) is 0. The van der Waals surface area contributed by atoms with Gasteiger partial charge in [0.2, 0.25) is 0 Å². The van der Waals surface area contributed by atoms with Crippen molar-refractivity contribution < 1.29 is 9.59 Å². The van der Waals surface area contributed by atoms with Gasteiger partial charge in [0.15, 0.2) is 0 Å². The summed E-state index contributed by atoms with van der Waals surface area (Å²) in [7, 11) is 0. The maximum absolute atomic E-state index is 11.1. The fraction of sp³-hybridized carbons (Fsp3) is 0. The highest BCUT2D eigenvalue weighted by Crippen LogP contribution is 2.29. The molecule has 0 aliphatic rings. The van der Waals surface area contributed by atoms with Gasteiger partial charge in [0, 0.05) is 15.6 Å². The van der Waals surface area contributed by atoms with Crippen LogP contribution in [0.4, 0.5) is 0 Å². The Labute approximate surface area is 128 Å². The Kier molecular flexibility index (Phi) is 4.40. The van der Waals surface area contributed by atoms with Crippen molar-refractivity contribution in [3.63, 3.8) is 0 Å². The zero-order valence-corrected chi connectivity index (χ0v) is 12.6. The van der Waals surface area contributed by atoms with Gasteiger partial charge in [0.1, 0.15) is 0 Å². The first-order valence-electron chi connectivity index (χ1n) is 5.28. The molecule has 0 fully saturated rings. The van der Waals surface area contributed by atoms with Gasteiger partial charge in [-0.15, -0.1) is 0 Å². The summed E-state index contributed by atoms with van der Waals surface area (Å²) < 4.78 is 0.754. The lowest BCUT2D eigenvalue weighted by molar-refractivity contribution is 0.107. The smallest absolute Gasteiger partial charge is 0.252 e. The van der Waals surface area contributed by atoms with Gasteiger partial charge < -0.3 is 0 Å². The molecule has 0 amide bonds. The van der Waals surface area contributed by atoms with Gasteiger partial charge >= 0.3 is 0 Å². The van der Waals surface area contributed by atoms with E-state index in [1.54, 1.807) is 42.5 Å². The Balaban J connectivity index is 2.41. The molecule has 0 spiro atoms. The van der Waals surface area contributed by atoms with E-state index in [0.717, 1.165) is 15.6 Å². The van der Waals surface area contributed by atoms with E-state index in [1.807, 2.05) is 0 Å². The van der Waals surface area contributed by atoms with E-state index < -0.39 is 10.5 Å². The summed E-state index contributed by atoms with van der Waals surface area (Å²) in [6, 6.07) is 12.0. The SMILES string of the molecule is O=C(Cl)c1ccc(-c2ccc(C(=O)Cl)cc2Br)cc1. The van der Waals surface area contributed by atoms with Crippen LogP contribution < -0.4 is 0 Å². The Bertz CT molecular complexity index is 651. The fourth-order valence-electron chi connectivity index (χ4n) is 1.65. The number of hydrogen-bond acceptors (Lipinski definition) is 2. The second kappa shape index (κ2) is 5.87. The third-order valence-electron chi connectivity index (χ3n) is 2.62. The maximum atomic E-state index is 11.1. The second-order valence-electron chi connectivity index (χ2n) is 3.82. The van der Waals surface area contributed by atoms with Gasteiger partial charge in [-0.2, -0.15) is 0 Å². The number of halogens is 3. The lowest BCUT2D eigenvalue weighted by Crippen LogP contribution is -1.91. The highest BCUT2D eigenvalue weighted by atomic mass is 79.9. The first-order valence-corrected chi connectivity index (χ1v) is 6.83. The lowest BCUT2D eigenvalue weighted by Gasteiger charge is -2.06. The van der Waals surface area contributed by atoms with Gasteiger partial charge in [-0.3, -0.25) is 9.59 Å². The summed E-state index contributed by atoms with van der Waals surface area (Å²) in [4.78, 5) is 22.0. The van der Waals surface area contributed by atoms with E-state index in [2.05, 4.69) is 15.9 Å². The van der Waals surface area contributed by atoms with Crippen molar-refractivity contribution in [3.05, 3.63) is 58.1 Å². The zero-order valence-electron chi connectivity index (χ0n) is 9.49. The van der Waals surface area contributed by atoms with E-state index >= 15 is 0 Å². The molecule has 0 bridgehead atoms. The molecule has 0 saturated heterocycles. The quantitative estimate of drug-likeness (QED) is 0.734. The van der Waals surface area contributed by atoms with Gasteiger partial charge in [-0.1, -0.05) is 34.1 Å². The van der Waals surface area contributed by atoms with Crippen LogP contribution in [-0.4, -0.2) is 10.5 Å². The molecule has 0 aliphatic carbocycles. The van der Waals surface area contributed by atoms with Crippen molar-refractivity contribution in [2.24, 2.45) is 0 Å². The van der Waals surface area contributed by atoms with Crippen LogP contribution in [0.5, 0.6) is 0 Å². The van der Waals surface area contributed by atoms with E-state index in [-0.39, 0.29) is 0 Å². The molecule has 0 saturated carbocycles. The molecular formula is C14H7BrCl2O2. The van der Waals surface area contributed by atoms with Crippen molar-refractivity contribution in [1.82, 2.24) is 0 Å². The fourth-order valence-corrected chi connectivity index (χ4v) is 2.50. The molecule has 2 nitrogen and oxygen atoms in total. The summed E-state index contributed by atoms with van der Waals surface area (Å²) in [6.45, 7) is 0. The number of carbonyl (C=O) groups excluding carboxylic acids is 2. The third kappa shape index (κ3) is 3.24. The Morgan fingerprint density at radius 3 is 1.84 bits per heavy atom. The summed E-state index contributed by atoms with van der Waals surface area (Å²) in [5.41, 5.74) is 2.66. The van der Waals surface area contributed by atoms with Crippen LogP contribution in [0.1, 0.15) is 20.7 Å². The maximum Gasteiger partial charge on any atom is 0.252 e. The number of rotatable bonds is 3. The molecule has 0 radical (unpaired) electrons. The summed E-state index contributed by atoms with van der Waals surface area (Å²) in [5, 5.41) is -0.996. The molecule has 0 aromatic heterocycles. The van der Waals surface area contributed by atoms with Crippen LogP contribution in [0.2, 0.25) is 0 Å². The molecule has 0 aliphatic heterocycles. The van der Waals surface area contributed by atoms with E-state index in [4.69, 9.17) is 23.2 Å². The van der Waals surface area contributed by atoms with Gasteiger partial charge in [-0.05, 0) is 58.6 Å². The van der Waals surface area contributed by atoms with E-state index in [9.17, 15) is 9.59 Å². The van der Waals surface area contributed by atoms with Gasteiger partial charge in [-0.25, -0.2) is 0 Å². The van der Waals surface area contributed by atoms with Crippen LogP contribution in [0.3, 0.4) is 0 Å². The average molecular weight is 358 g/mol. The van der Waals surface area contributed by atoms with E-state index in [1.165, 1.54) is 0 Å².